The van der Waals surface area contributed by atoms with Crippen LogP contribution in [0.4, 0.5) is 0 Å². The fraction of sp³-hybridized carbons (Fsp3) is 0.100. The highest BCUT2D eigenvalue weighted by molar-refractivity contribution is 6.67. The maximum absolute atomic E-state index is 10.9. The summed E-state index contributed by atoms with van der Waals surface area (Å²) >= 11 is 5.36. The summed E-state index contributed by atoms with van der Waals surface area (Å²) in [6.45, 7) is 0. The number of rotatable bonds is 4. The van der Waals surface area contributed by atoms with Crippen molar-refractivity contribution in [2.45, 2.75) is 0 Å². The first kappa shape index (κ1) is 19.3. The molecule has 4 aromatic rings. The molecule has 4 rings (SSSR count). The van der Waals surface area contributed by atoms with Crippen molar-refractivity contribution >= 4 is 44.8 Å². The molecule has 0 aliphatic rings. The third kappa shape index (κ3) is 3.79. The van der Waals surface area contributed by atoms with Crippen LogP contribution in [0.25, 0.3) is 21.9 Å². The lowest BCUT2D eigenvalue weighted by atomic mass is 10.1. The Kier molecular flexibility index (Phi) is 5.56. The summed E-state index contributed by atoms with van der Waals surface area (Å²) in [7, 11) is 3.03. The first-order valence-corrected chi connectivity index (χ1v) is 8.36. The number of halogens is 1. The Morgan fingerprint density at radius 2 is 1.32 bits per heavy atom. The molecular weight excluding hydrogens is 388 g/mol. The van der Waals surface area contributed by atoms with Crippen LogP contribution in [0.3, 0.4) is 0 Å². The zero-order valence-electron chi connectivity index (χ0n) is 14.9. The SMILES string of the molecule is COc1cc(C(=O)Cl)cc2occc12.COc1cc(C(=O)O)cc2occc12. The van der Waals surface area contributed by atoms with Crippen LogP contribution in [0, 0.1) is 0 Å². The van der Waals surface area contributed by atoms with Crippen LogP contribution in [-0.4, -0.2) is 30.5 Å². The maximum atomic E-state index is 10.9. The van der Waals surface area contributed by atoms with Gasteiger partial charge in [0, 0.05) is 5.56 Å². The standard InChI is InChI=1S/C10H7ClO3.C10H8O4/c2*1-13-8-4-6(10(11)12)5-9-7(8)2-3-14-9/h2-5H,1H3;2-5H,1H3,(H,11,12). The first-order chi connectivity index (χ1) is 13.4. The smallest absolute Gasteiger partial charge is 0.335 e. The minimum Gasteiger partial charge on any atom is -0.496 e. The Balaban J connectivity index is 0.000000161. The molecule has 2 aromatic carbocycles. The minimum absolute atomic E-state index is 0.157. The summed E-state index contributed by atoms with van der Waals surface area (Å²) in [4.78, 5) is 21.7. The van der Waals surface area contributed by atoms with Crippen LogP contribution in [0.1, 0.15) is 20.7 Å². The van der Waals surface area contributed by atoms with Crippen molar-refractivity contribution in [2.75, 3.05) is 14.2 Å². The summed E-state index contributed by atoms with van der Waals surface area (Å²) in [5.74, 6) is 0.0931. The topological polar surface area (TPSA) is 99.1 Å². The van der Waals surface area contributed by atoms with E-state index in [1.54, 1.807) is 24.3 Å². The summed E-state index contributed by atoms with van der Waals surface area (Å²) < 4.78 is 20.4. The number of aromatic carboxylic acids is 1. The molecule has 0 saturated carbocycles. The van der Waals surface area contributed by atoms with E-state index in [0.717, 1.165) is 10.8 Å². The highest BCUT2D eigenvalue weighted by Crippen LogP contribution is 2.29. The monoisotopic (exact) mass is 402 g/mol. The third-order valence-corrected chi connectivity index (χ3v) is 4.20. The van der Waals surface area contributed by atoms with Gasteiger partial charge in [0.25, 0.3) is 5.24 Å². The van der Waals surface area contributed by atoms with Crippen LogP contribution in [0.15, 0.2) is 57.8 Å². The molecule has 0 aliphatic carbocycles. The van der Waals surface area contributed by atoms with E-state index in [0.29, 0.717) is 28.2 Å². The number of furan rings is 2. The van der Waals surface area contributed by atoms with Gasteiger partial charge in [-0.15, -0.1) is 0 Å². The molecule has 2 heterocycles. The molecule has 0 atom stereocenters. The predicted octanol–water partition coefficient (Wildman–Crippen LogP) is 4.96. The van der Waals surface area contributed by atoms with Gasteiger partial charge in [-0.05, 0) is 48.0 Å². The molecule has 0 spiro atoms. The summed E-state index contributed by atoms with van der Waals surface area (Å²) in [6.07, 6.45) is 3.04. The van der Waals surface area contributed by atoms with Crippen molar-refractivity contribution in [1.82, 2.24) is 0 Å². The normalized spacial score (nSPS) is 10.4. The Hall–Kier alpha value is -3.45. The van der Waals surface area contributed by atoms with E-state index in [1.807, 2.05) is 0 Å². The van der Waals surface area contributed by atoms with Crippen molar-refractivity contribution in [2.24, 2.45) is 0 Å². The Labute approximate surface area is 164 Å². The molecule has 0 saturated heterocycles. The van der Waals surface area contributed by atoms with E-state index >= 15 is 0 Å². The largest absolute Gasteiger partial charge is 0.496 e. The first-order valence-electron chi connectivity index (χ1n) is 7.98. The minimum atomic E-state index is -0.999. The molecule has 0 fully saturated rings. The number of carbonyl (C=O) groups excluding carboxylic acids is 1. The van der Waals surface area contributed by atoms with E-state index in [4.69, 9.17) is 35.0 Å². The van der Waals surface area contributed by atoms with Crippen LogP contribution < -0.4 is 9.47 Å². The quantitative estimate of drug-likeness (QED) is 0.481. The van der Waals surface area contributed by atoms with Gasteiger partial charge >= 0.3 is 5.97 Å². The van der Waals surface area contributed by atoms with E-state index in [1.165, 1.54) is 38.9 Å². The van der Waals surface area contributed by atoms with Crippen molar-refractivity contribution < 1.29 is 33.0 Å². The van der Waals surface area contributed by atoms with Gasteiger partial charge in [-0.3, -0.25) is 4.79 Å². The molecule has 28 heavy (non-hydrogen) atoms. The number of fused-ring (bicyclic) bond motifs is 2. The fourth-order valence-electron chi connectivity index (χ4n) is 2.65. The van der Waals surface area contributed by atoms with Gasteiger partial charge in [0.15, 0.2) is 0 Å². The number of carboxylic acids is 1. The van der Waals surface area contributed by atoms with E-state index in [-0.39, 0.29) is 5.56 Å². The van der Waals surface area contributed by atoms with Crippen molar-refractivity contribution in [3.8, 4) is 11.5 Å². The fourth-order valence-corrected chi connectivity index (χ4v) is 2.76. The zero-order valence-corrected chi connectivity index (χ0v) is 15.6. The van der Waals surface area contributed by atoms with Crippen molar-refractivity contribution in [3.05, 3.63) is 60.1 Å². The number of methoxy groups -OCH3 is 2. The van der Waals surface area contributed by atoms with Gasteiger partial charge in [-0.2, -0.15) is 0 Å². The van der Waals surface area contributed by atoms with E-state index < -0.39 is 11.2 Å². The average Bonchev–Trinajstić information content (AvgIpc) is 3.35. The molecule has 7 nitrogen and oxygen atoms in total. The van der Waals surface area contributed by atoms with Gasteiger partial charge in [0.05, 0.1) is 43.1 Å². The second-order valence-electron chi connectivity index (χ2n) is 5.60. The van der Waals surface area contributed by atoms with Gasteiger partial charge < -0.3 is 23.4 Å². The Morgan fingerprint density at radius 3 is 1.75 bits per heavy atom. The molecule has 0 radical (unpaired) electrons. The number of carbonyl (C=O) groups is 2. The Bertz CT molecular complexity index is 1060. The van der Waals surface area contributed by atoms with Gasteiger partial charge in [0.1, 0.15) is 22.7 Å². The van der Waals surface area contributed by atoms with Crippen molar-refractivity contribution in [1.29, 1.82) is 0 Å². The summed E-state index contributed by atoms with van der Waals surface area (Å²) in [5, 5.41) is 9.88. The predicted molar refractivity (Wildman–Crippen MR) is 103 cm³/mol. The number of ether oxygens (including phenoxy) is 2. The number of carboxylic acid groups (broad SMARTS) is 1. The Morgan fingerprint density at radius 1 is 0.857 bits per heavy atom. The highest BCUT2D eigenvalue weighted by Gasteiger charge is 2.11. The molecular formula is C20H15ClO7. The highest BCUT2D eigenvalue weighted by atomic mass is 35.5. The third-order valence-electron chi connectivity index (χ3n) is 3.98. The summed E-state index contributed by atoms with van der Waals surface area (Å²) in [6, 6.07) is 9.64. The maximum Gasteiger partial charge on any atom is 0.335 e. The molecule has 1 N–H and O–H groups in total. The molecule has 8 heteroatoms. The second kappa shape index (κ2) is 8.06. The average molecular weight is 403 g/mol. The summed E-state index contributed by atoms with van der Waals surface area (Å²) in [5.41, 5.74) is 1.63. The zero-order chi connectivity index (χ0) is 20.3. The van der Waals surface area contributed by atoms with Gasteiger partial charge in [0.2, 0.25) is 0 Å². The molecule has 144 valence electrons. The lowest BCUT2D eigenvalue weighted by molar-refractivity contribution is 0.0696. The second-order valence-corrected chi connectivity index (χ2v) is 5.94. The van der Waals surface area contributed by atoms with E-state index in [9.17, 15) is 9.59 Å². The molecule has 0 amide bonds. The van der Waals surface area contributed by atoms with Crippen LogP contribution >= 0.6 is 11.6 Å². The van der Waals surface area contributed by atoms with Gasteiger partial charge in [-0.1, -0.05) is 0 Å². The van der Waals surface area contributed by atoms with Crippen molar-refractivity contribution in [3.63, 3.8) is 0 Å². The molecule has 0 aliphatic heterocycles. The van der Waals surface area contributed by atoms with Gasteiger partial charge in [-0.25, -0.2) is 4.79 Å². The van der Waals surface area contributed by atoms with Crippen LogP contribution in [0.5, 0.6) is 11.5 Å². The molecule has 0 unspecified atom stereocenters. The lowest BCUT2D eigenvalue weighted by Gasteiger charge is -2.02. The van der Waals surface area contributed by atoms with Crippen LogP contribution in [0.2, 0.25) is 0 Å². The van der Waals surface area contributed by atoms with E-state index in [2.05, 4.69) is 0 Å². The number of hydrogen-bond acceptors (Lipinski definition) is 6. The number of benzene rings is 2. The molecule has 2 aromatic heterocycles. The van der Waals surface area contributed by atoms with Crippen LogP contribution in [-0.2, 0) is 0 Å². The molecule has 0 bridgehead atoms. The number of hydrogen-bond donors (Lipinski definition) is 1. The lowest BCUT2D eigenvalue weighted by Crippen LogP contribution is -1.96.